The Hall–Kier alpha value is -0.970. The van der Waals surface area contributed by atoms with Gasteiger partial charge in [0.1, 0.15) is 5.82 Å². The van der Waals surface area contributed by atoms with Gasteiger partial charge in [-0.25, -0.2) is 4.39 Å². The number of hydrogen-bond acceptors (Lipinski definition) is 3. The second kappa shape index (κ2) is 8.19. The lowest BCUT2D eigenvalue weighted by atomic mass is 10.1. The van der Waals surface area contributed by atoms with Gasteiger partial charge < -0.3 is 14.8 Å². The van der Waals surface area contributed by atoms with Gasteiger partial charge in [-0.2, -0.15) is 0 Å². The SMILES string of the molecule is CCOCC(C)OCc1cc(CNC)ccc1F. The number of rotatable bonds is 8. The molecule has 0 aliphatic heterocycles. The average Bonchev–Trinajstić information content (AvgIpc) is 2.37. The summed E-state index contributed by atoms with van der Waals surface area (Å²) in [6, 6.07) is 5.09. The standard InChI is InChI=1S/C14H22FNO2/c1-4-17-9-11(2)18-10-13-7-12(8-16-3)5-6-14(13)15/h5-7,11,16H,4,8-10H2,1-3H3. The fraction of sp³-hybridized carbons (Fsp3) is 0.571. The Balaban J connectivity index is 2.52. The molecule has 0 spiro atoms. The Labute approximate surface area is 108 Å². The van der Waals surface area contributed by atoms with Gasteiger partial charge >= 0.3 is 0 Å². The summed E-state index contributed by atoms with van der Waals surface area (Å²) in [7, 11) is 1.86. The minimum Gasteiger partial charge on any atom is -0.379 e. The maximum Gasteiger partial charge on any atom is 0.128 e. The van der Waals surface area contributed by atoms with Gasteiger partial charge in [-0.15, -0.1) is 0 Å². The quantitative estimate of drug-likeness (QED) is 0.774. The molecule has 0 aliphatic carbocycles. The molecule has 1 N–H and O–H groups in total. The van der Waals surface area contributed by atoms with Crippen molar-refractivity contribution in [3.8, 4) is 0 Å². The van der Waals surface area contributed by atoms with Crippen molar-refractivity contribution in [1.29, 1.82) is 0 Å². The number of hydrogen-bond donors (Lipinski definition) is 1. The number of benzene rings is 1. The second-order valence-electron chi connectivity index (χ2n) is 4.24. The molecule has 0 amide bonds. The van der Waals surface area contributed by atoms with Crippen LogP contribution in [0.2, 0.25) is 0 Å². The van der Waals surface area contributed by atoms with Gasteiger partial charge in [0.25, 0.3) is 0 Å². The molecule has 1 unspecified atom stereocenters. The molecule has 0 aromatic heterocycles. The van der Waals surface area contributed by atoms with Crippen molar-refractivity contribution in [1.82, 2.24) is 5.32 Å². The first-order chi connectivity index (χ1) is 8.67. The van der Waals surface area contributed by atoms with E-state index in [1.807, 2.05) is 27.0 Å². The van der Waals surface area contributed by atoms with Crippen molar-refractivity contribution >= 4 is 0 Å². The molecular formula is C14H22FNO2. The molecule has 1 atom stereocenters. The molecule has 18 heavy (non-hydrogen) atoms. The average molecular weight is 255 g/mol. The summed E-state index contributed by atoms with van der Waals surface area (Å²) in [5.41, 5.74) is 1.64. The minimum absolute atomic E-state index is 0.0303. The van der Waals surface area contributed by atoms with Gasteiger partial charge in [-0.3, -0.25) is 0 Å². The largest absolute Gasteiger partial charge is 0.379 e. The van der Waals surface area contributed by atoms with Crippen LogP contribution in [-0.4, -0.2) is 26.4 Å². The topological polar surface area (TPSA) is 30.5 Å². The highest BCUT2D eigenvalue weighted by Crippen LogP contribution is 2.13. The molecule has 0 aliphatic rings. The molecule has 3 nitrogen and oxygen atoms in total. The van der Waals surface area contributed by atoms with Crippen LogP contribution >= 0.6 is 0 Å². The number of ether oxygens (including phenoxy) is 2. The summed E-state index contributed by atoms with van der Waals surface area (Å²) in [5, 5.41) is 3.04. The Morgan fingerprint density at radius 1 is 1.39 bits per heavy atom. The molecule has 0 radical (unpaired) electrons. The van der Waals surface area contributed by atoms with Crippen LogP contribution in [0.15, 0.2) is 18.2 Å². The van der Waals surface area contributed by atoms with E-state index >= 15 is 0 Å². The van der Waals surface area contributed by atoms with Crippen molar-refractivity contribution < 1.29 is 13.9 Å². The summed E-state index contributed by atoms with van der Waals surface area (Å²) in [4.78, 5) is 0. The van der Waals surface area contributed by atoms with Crippen molar-refractivity contribution in [3.05, 3.63) is 35.1 Å². The van der Waals surface area contributed by atoms with Gasteiger partial charge in [0, 0.05) is 18.7 Å². The minimum atomic E-state index is -0.224. The van der Waals surface area contributed by atoms with Gasteiger partial charge in [0.15, 0.2) is 0 Å². The molecule has 1 rings (SSSR count). The van der Waals surface area contributed by atoms with Crippen molar-refractivity contribution in [2.75, 3.05) is 20.3 Å². The second-order valence-corrected chi connectivity index (χ2v) is 4.24. The summed E-state index contributed by atoms with van der Waals surface area (Å²) in [5.74, 6) is -0.224. The van der Waals surface area contributed by atoms with Gasteiger partial charge in [-0.05, 0) is 38.6 Å². The summed E-state index contributed by atoms with van der Waals surface area (Å²) >= 11 is 0. The van der Waals surface area contributed by atoms with E-state index in [1.54, 1.807) is 6.07 Å². The number of halogens is 1. The molecule has 0 saturated carbocycles. The maximum absolute atomic E-state index is 13.6. The van der Waals surface area contributed by atoms with Gasteiger partial charge in [0.05, 0.1) is 19.3 Å². The zero-order chi connectivity index (χ0) is 13.4. The fourth-order valence-corrected chi connectivity index (χ4v) is 1.62. The van der Waals surface area contributed by atoms with E-state index in [0.29, 0.717) is 18.8 Å². The highest BCUT2D eigenvalue weighted by atomic mass is 19.1. The predicted octanol–water partition coefficient (Wildman–Crippen LogP) is 2.49. The van der Waals surface area contributed by atoms with Crippen LogP contribution in [0.3, 0.4) is 0 Å². The molecule has 0 fully saturated rings. The molecule has 0 heterocycles. The van der Waals surface area contributed by atoms with Crippen molar-refractivity contribution in [2.45, 2.75) is 33.1 Å². The highest BCUT2D eigenvalue weighted by Gasteiger charge is 2.07. The lowest BCUT2D eigenvalue weighted by Crippen LogP contribution is -2.16. The van der Waals surface area contributed by atoms with E-state index in [9.17, 15) is 4.39 Å². The van der Waals surface area contributed by atoms with E-state index in [4.69, 9.17) is 9.47 Å². The Morgan fingerprint density at radius 3 is 2.83 bits per heavy atom. The van der Waals surface area contributed by atoms with Crippen LogP contribution in [0, 0.1) is 5.82 Å². The first-order valence-corrected chi connectivity index (χ1v) is 6.28. The molecular weight excluding hydrogens is 233 g/mol. The monoisotopic (exact) mass is 255 g/mol. The smallest absolute Gasteiger partial charge is 0.128 e. The van der Waals surface area contributed by atoms with E-state index in [-0.39, 0.29) is 18.5 Å². The van der Waals surface area contributed by atoms with Crippen molar-refractivity contribution in [3.63, 3.8) is 0 Å². The highest BCUT2D eigenvalue weighted by molar-refractivity contribution is 5.24. The first kappa shape index (κ1) is 15.1. The van der Waals surface area contributed by atoms with Gasteiger partial charge in [-0.1, -0.05) is 6.07 Å². The molecule has 4 heteroatoms. The van der Waals surface area contributed by atoms with Gasteiger partial charge in [0.2, 0.25) is 0 Å². The Bertz CT molecular complexity index is 358. The van der Waals surface area contributed by atoms with Crippen LogP contribution < -0.4 is 5.32 Å². The van der Waals surface area contributed by atoms with Crippen LogP contribution in [0.25, 0.3) is 0 Å². The van der Waals surface area contributed by atoms with Crippen LogP contribution in [-0.2, 0) is 22.6 Å². The zero-order valence-corrected chi connectivity index (χ0v) is 11.3. The summed E-state index contributed by atoms with van der Waals surface area (Å²) in [6.45, 7) is 6.06. The van der Waals surface area contributed by atoms with E-state index in [2.05, 4.69) is 5.32 Å². The van der Waals surface area contributed by atoms with Crippen molar-refractivity contribution in [2.24, 2.45) is 0 Å². The fourth-order valence-electron chi connectivity index (χ4n) is 1.62. The molecule has 1 aromatic carbocycles. The van der Waals surface area contributed by atoms with E-state index < -0.39 is 0 Å². The lowest BCUT2D eigenvalue weighted by Gasteiger charge is -2.14. The van der Waals surface area contributed by atoms with Crippen LogP contribution in [0.1, 0.15) is 25.0 Å². The third kappa shape index (κ3) is 5.12. The van der Waals surface area contributed by atoms with E-state index in [1.165, 1.54) is 6.07 Å². The third-order valence-electron chi connectivity index (χ3n) is 2.57. The molecule has 102 valence electrons. The zero-order valence-electron chi connectivity index (χ0n) is 11.3. The van der Waals surface area contributed by atoms with Crippen LogP contribution in [0.4, 0.5) is 4.39 Å². The maximum atomic E-state index is 13.6. The molecule has 0 saturated heterocycles. The van der Waals surface area contributed by atoms with E-state index in [0.717, 1.165) is 12.1 Å². The Morgan fingerprint density at radius 2 is 2.17 bits per heavy atom. The number of nitrogens with one attached hydrogen (secondary N) is 1. The molecule has 1 aromatic rings. The summed E-state index contributed by atoms with van der Waals surface area (Å²) in [6.07, 6.45) is -0.0303. The lowest BCUT2D eigenvalue weighted by molar-refractivity contribution is -0.0125. The first-order valence-electron chi connectivity index (χ1n) is 6.28. The summed E-state index contributed by atoms with van der Waals surface area (Å²) < 4.78 is 24.4. The molecule has 0 bridgehead atoms. The predicted molar refractivity (Wildman–Crippen MR) is 69.9 cm³/mol. The Kier molecular flexibility index (Phi) is 6.86. The van der Waals surface area contributed by atoms with Crippen LogP contribution in [0.5, 0.6) is 0 Å². The normalized spacial score (nSPS) is 12.7. The third-order valence-corrected chi connectivity index (χ3v) is 2.57.